The average Bonchev–Trinajstić information content (AvgIpc) is 3.16. The lowest BCUT2D eigenvalue weighted by Gasteiger charge is -2.19. The van der Waals surface area contributed by atoms with E-state index in [1.807, 2.05) is 17.9 Å². The lowest BCUT2D eigenvalue weighted by Crippen LogP contribution is -2.19. The normalized spacial score (nSPS) is 15.0. The molecule has 4 rings (SSSR count). The third kappa shape index (κ3) is 4.68. The van der Waals surface area contributed by atoms with Crippen molar-refractivity contribution in [3.8, 4) is 11.8 Å². The van der Waals surface area contributed by atoms with Crippen molar-refractivity contribution in [3.63, 3.8) is 0 Å². The van der Waals surface area contributed by atoms with Gasteiger partial charge >= 0.3 is 0 Å². The van der Waals surface area contributed by atoms with Gasteiger partial charge in [0.2, 0.25) is 0 Å². The molecule has 0 N–H and O–H groups in total. The lowest BCUT2D eigenvalue weighted by molar-refractivity contribution is 0.129. The standard InChI is InChI=1S/C22H22N4OS/c1-2-20(26-13-11-23-16-26)22(25-27-15-21-24-12-14-28-21)19-9-7-18(8-10-19)6-5-17-3-4-17/h7-14,16-17,20H,2-4,15H2,1H3. The van der Waals surface area contributed by atoms with Crippen LogP contribution in [0.1, 0.15) is 48.4 Å². The fourth-order valence-electron chi connectivity index (χ4n) is 2.92. The number of benzene rings is 1. The van der Waals surface area contributed by atoms with Crippen LogP contribution in [0.25, 0.3) is 0 Å². The summed E-state index contributed by atoms with van der Waals surface area (Å²) in [5.74, 6) is 7.17. The molecule has 3 aromatic rings. The summed E-state index contributed by atoms with van der Waals surface area (Å²) in [6, 6.07) is 8.30. The first-order valence-corrected chi connectivity index (χ1v) is 10.4. The highest BCUT2D eigenvalue weighted by Gasteiger charge is 2.19. The van der Waals surface area contributed by atoms with Crippen LogP contribution < -0.4 is 0 Å². The minimum absolute atomic E-state index is 0.0437. The number of aromatic nitrogens is 3. The predicted molar refractivity (Wildman–Crippen MR) is 111 cm³/mol. The summed E-state index contributed by atoms with van der Waals surface area (Å²) in [4.78, 5) is 14.1. The minimum atomic E-state index is 0.0437. The van der Waals surface area contributed by atoms with Gasteiger partial charge in [0.25, 0.3) is 0 Å². The maximum Gasteiger partial charge on any atom is 0.168 e. The molecule has 1 aromatic carbocycles. The first kappa shape index (κ1) is 18.5. The van der Waals surface area contributed by atoms with Gasteiger partial charge in [0, 0.05) is 41.0 Å². The molecule has 1 unspecified atom stereocenters. The van der Waals surface area contributed by atoms with E-state index in [-0.39, 0.29) is 6.04 Å². The van der Waals surface area contributed by atoms with Crippen molar-refractivity contribution in [2.45, 2.75) is 38.8 Å². The molecule has 0 radical (unpaired) electrons. The summed E-state index contributed by atoms with van der Waals surface area (Å²) >= 11 is 1.56. The number of imidazole rings is 1. The Morgan fingerprint density at radius 3 is 2.82 bits per heavy atom. The summed E-state index contributed by atoms with van der Waals surface area (Å²) in [6.45, 7) is 2.50. The van der Waals surface area contributed by atoms with Gasteiger partial charge in [-0.2, -0.15) is 0 Å². The summed E-state index contributed by atoms with van der Waals surface area (Å²) < 4.78 is 2.06. The van der Waals surface area contributed by atoms with Gasteiger partial charge < -0.3 is 9.40 Å². The van der Waals surface area contributed by atoms with Crippen LogP contribution in [0.15, 0.2) is 59.7 Å². The Balaban J connectivity index is 1.58. The third-order valence-corrected chi connectivity index (χ3v) is 5.35. The molecule has 1 fully saturated rings. The number of thiazole rings is 1. The Bertz CT molecular complexity index is 962. The molecule has 1 aliphatic rings. The summed E-state index contributed by atoms with van der Waals surface area (Å²) in [6.07, 6.45) is 10.7. The van der Waals surface area contributed by atoms with E-state index in [0.29, 0.717) is 12.5 Å². The quantitative estimate of drug-likeness (QED) is 0.335. The highest BCUT2D eigenvalue weighted by Crippen LogP contribution is 2.27. The van der Waals surface area contributed by atoms with Crippen molar-refractivity contribution in [1.29, 1.82) is 0 Å². The zero-order valence-corrected chi connectivity index (χ0v) is 16.6. The van der Waals surface area contributed by atoms with Crippen LogP contribution in [0.4, 0.5) is 0 Å². The van der Waals surface area contributed by atoms with Crippen LogP contribution in [-0.2, 0) is 11.4 Å². The molecular weight excluding hydrogens is 368 g/mol. The smallest absolute Gasteiger partial charge is 0.168 e. The van der Waals surface area contributed by atoms with Crippen molar-refractivity contribution >= 4 is 17.0 Å². The molecule has 0 spiro atoms. The Morgan fingerprint density at radius 2 is 2.18 bits per heavy atom. The number of hydrogen-bond acceptors (Lipinski definition) is 5. The zero-order valence-electron chi connectivity index (χ0n) is 15.8. The summed E-state index contributed by atoms with van der Waals surface area (Å²) in [5, 5.41) is 7.35. The van der Waals surface area contributed by atoms with Crippen LogP contribution >= 0.6 is 11.3 Å². The van der Waals surface area contributed by atoms with Crippen LogP contribution in [-0.4, -0.2) is 20.2 Å². The van der Waals surface area contributed by atoms with Crippen molar-refractivity contribution in [2.75, 3.05) is 0 Å². The maximum absolute atomic E-state index is 5.67. The van der Waals surface area contributed by atoms with Crippen molar-refractivity contribution in [2.24, 2.45) is 11.1 Å². The van der Waals surface area contributed by atoms with E-state index in [0.717, 1.165) is 28.3 Å². The fraction of sp³-hybridized carbons (Fsp3) is 0.318. The van der Waals surface area contributed by atoms with Crippen LogP contribution in [0.2, 0.25) is 0 Å². The molecule has 142 valence electrons. The molecule has 2 heterocycles. The number of rotatable bonds is 7. The highest BCUT2D eigenvalue weighted by molar-refractivity contribution is 7.09. The molecule has 1 aliphatic carbocycles. The third-order valence-electron chi connectivity index (χ3n) is 4.60. The molecule has 1 saturated carbocycles. The van der Waals surface area contributed by atoms with E-state index in [4.69, 9.17) is 4.84 Å². The predicted octanol–water partition coefficient (Wildman–Crippen LogP) is 4.67. The summed E-state index contributed by atoms with van der Waals surface area (Å²) in [7, 11) is 0. The molecule has 28 heavy (non-hydrogen) atoms. The Hall–Kier alpha value is -2.91. The van der Waals surface area contributed by atoms with E-state index >= 15 is 0 Å². The van der Waals surface area contributed by atoms with E-state index in [9.17, 15) is 0 Å². The van der Waals surface area contributed by atoms with Gasteiger partial charge in [-0.25, -0.2) is 9.97 Å². The monoisotopic (exact) mass is 390 g/mol. The molecule has 6 heteroatoms. The fourth-order valence-corrected chi connectivity index (χ4v) is 3.45. The van der Waals surface area contributed by atoms with Gasteiger partial charge in [0.1, 0.15) is 10.7 Å². The highest BCUT2D eigenvalue weighted by atomic mass is 32.1. The molecule has 2 aromatic heterocycles. The van der Waals surface area contributed by atoms with Gasteiger partial charge in [-0.15, -0.1) is 11.3 Å². The van der Waals surface area contributed by atoms with E-state index < -0.39 is 0 Å². The number of oxime groups is 1. The molecule has 5 nitrogen and oxygen atoms in total. The zero-order chi connectivity index (χ0) is 19.2. The van der Waals surface area contributed by atoms with Gasteiger partial charge in [-0.3, -0.25) is 0 Å². The first-order chi connectivity index (χ1) is 13.8. The van der Waals surface area contributed by atoms with E-state index in [2.05, 4.69) is 62.7 Å². The second-order valence-corrected chi connectivity index (χ2v) is 7.71. The lowest BCUT2D eigenvalue weighted by atomic mass is 10.00. The molecule has 1 atom stereocenters. The molecule has 0 saturated heterocycles. The molecule has 0 amide bonds. The van der Waals surface area contributed by atoms with E-state index in [1.165, 1.54) is 12.8 Å². The van der Waals surface area contributed by atoms with Gasteiger partial charge in [0.15, 0.2) is 6.61 Å². The Labute approximate surface area is 169 Å². The number of nitrogens with zero attached hydrogens (tertiary/aromatic N) is 4. The van der Waals surface area contributed by atoms with Crippen molar-refractivity contribution in [1.82, 2.24) is 14.5 Å². The Morgan fingerprint density at radius 1 is 1.32 bits per heavy atom. The van der Waals surface area contributed by atoms with Crippen LogP contribution in [0.5, 0.6) is 0 Å². The SMILES string of the molecule is CCC(C(=NOCc1nccs1)c1ccc(C#CC2CC2)cc1)n1ccnc1. The molecule has 0 bridgehead atoms. The van der Waals surface area contributed by atoms with Crippen molar-refractivity contribution < 1.29 is 4.84 Å². The molecular formula is C22H22N4OS. The molecule has 0 aliphatic heterocycles. The largest absolute Gasteiger partial charge is 0.388 e. The van der Waals surface area contributed by atoms with E-state index in [1.54, 1.807) is 23.7 Å². The van der Waals surface area contributed by atoms with Gasteiger partial charge in [-0.1, -0.05) is 36.1 Å². The Kier molecular flexibility index (Phi) is 5.83. The van der Waals surface area contributed by atoms with Gasteiger partial charge in [-0.05, 0) is 31.4 Å². The number of hydrogen-bond donors (Lipinski definition) is 0. The average molecular weight is 391 g/mol. The summed E-state index contributed by atoms with van der Waals surface area (Å²) in [5.41, 5.74) is 2.94. The maximum atomic E-state index is 5.67. The van der Waals surface area contributed by atoms with Crippen molar-refractivity contribution in [3.05, 3.63) is 70.7 Å². The topological polar surface area (TPSA) is 52.3 Å². The van der Waals surface area contributed by atoms with Gasteiger partial charge in [0.05, 0.1) is 12.4 Å². The first-order valence-electron chi connectivity index (χ1n) is 9.51. The second-order valence-electron chi connectivity index (χ2n) is 6.73. The van der Waals surface area contributed by atoms with Crippen LogP contribution in [0.3, 0.4) is 0 Å². The second kappa shape index (κ2) is 8.85. The van der Waals surface area contributed by atoms with Crippen LogP contribution in [0, 0.1) is 17.8 Å². The minimum Gasteiger partial charge on any atom is -0.388 e.